The minimum atomic E-state index is 0.316. The molecular formula is C21H29ClN4OS+2. The van der Waals surface area contributed by atoms with Crippen LogP contribution in [0.3, 0.4) is 0 Å². The van der Waals surface area contributed by atoms with Gasteiger partial charge in [0.25, 0.3) is 5.91 Å². The standard InChI is InChI=1S/C21H27ClN4OS/c22-19-5-1-2-6-20(19)25-11-7-24(8-12-25)17-21(27)26-13-9-23(10-14-26)16-18-4-3-15-28-18/h1-6,15H,7-14,16-17H2/p+2. The highest BCUT2D eigenvalue weighted by atomic mass is 35.5. The Bertz CT molecular complexity index is 768. The molecule has 0 radical (unpaired) electrons. The molecule has 1 aromatic heterocycles. The van der Waals surface area contributed by atoms with Crippen molar-refractivity contribution in [2.45, 2.75) is 6.54 Å². The zero-order valence-electron chi connectivity index (χ0n) is 16.2. The number of para-hydroxylation sites is 1. The summed E-state index contributed by atoms with van der Waals surface area (Å²) < 4.78 is 0. The summed E-state index contributed by atoms with van der Waals surface area (Å²) >= 11 is 8.15. The van der Waals surface area contributed by atoms with E-state index in [0.29, 0.717) is 12.5 Å². The van der Waals surface area contributed by atoms with Gasteiger partial charge in [-0.15, -0.1) is 11.3 Å². The zero-order chi connectivity index (χ0) is 19.3. The molecule has 0 saturated carbocycles. The van der Waals surface area contributed by atoms with Gasteiger partial charge in [-0.3, -0.25) is 4.79 Å². The Hall–Kier alpha value is -1.60. The summed E-state index contributed by atoms with van der Waals surface area (Å²) in [6.07, 6.45) is 0. The number of quaternary nitrogens is 2. The summed E-state index contributed by atoms with van der Waals surface area (Å²) in [5.74, 6) is 0.316. The van der Waals surface area contributed by atoms with Crippen LogP contribution in [0, 0.1) is 0 Å². The lowest BCUT2D eigenvalue weighted by Gasteiger charge is -2.36. The molecule has 2 saturated heterocycles. The number of hydrogen-bond acceptors (Lipinski definition) is 3. The molecular weight excluding hydrogens is 392 g/mol. The Morgan fingerprint density at radius 1 is 0.964 bits per heavy atom. The first-order chi connectivity index (χ1) is 13.7. The summed E-state index contributed by atoms with van der Waals surface area (Å²) in [6, 6.07) is 12.3. The highest BCUT2D eigenvalue weighted by Gasteiger charge is 2.28. The van der Waals surface area contributed by atoms with Crippen LogP contribution in [0.15, 0.2) is 41.8 Å². The van der Waals surface area contributed by atoms with E-state index in [1.807, 2.05) is 29.5 Å². The molecule has 0 bridgehead atoms. The van der Waals surface area contributed by atoms with Crippen molar-refractivity contribution in [1.29, 1.82) is 0 Å². The molecule has 2 fully saturated rings. The van der Waals surface area contributed by atoms with Crippen LogP contribution in [0.5, 0.6) is 0 Å². The lowest BCUT2D eigenvalue weighted by atomic mass is 10.2. The normalized spacial score (nSPS) is 19.2. The molecule has 2 aromatic rings. The average Bonchev–Trinajstić information content (AvgIpc) is 3.23. The Labute approximate surface area is 176 Å². The van der Waals surface area contributed by atoms with E-state index >= 15 is 0 Å². The Kier molecular flexibility index (Phi) is 6.52. The minimum Gasteiger partial charge on any atom is -0.359 e. The first-order valence-corrected chi connectivity index (χ1v) is 11.4. The van der Waals surface area contributed by atoms with Crippen molar-refractivity contribution in [2.75, 3.05) is 63.8 Å². The van der Waals surface area contributed by atoms with Gasteiger partial charge in [-0.05, 0) is 23.6 Å². The van der Waals surface area contributed by atoms with E-state index in [2.05, 4.69) is 33.4 Å². The number of hydrogen-bond donors (Lipinski definition) is 2. The monoisotopic (exact) mass is 420 g/mol. The number of benzene rings is 1. The number of nitrogens with one attached hydrogen (secondary N) is 2. The maximum atomic E-state index is 12.8. The van der Waals surface area contributed by atoms with Crippen molar-refractivity contribution in [3.05, 3.63) is 51.7 Å². The third kappa shape index (κ3) is 4.87. The molecule has 2 aliphatic heterocycles. The van der Waals surface area contributed by atoms with Gasteiger partial charge < -0.3 is 19.6 Å². The Morgan fingerprint density at radius 2 is 1.68 bits per heavy atom. The minimum absolute atomic E-state index is 0.316. The second-order valence-corrected chi connectivity index (χ2v) is 9.19. The highest BCUT2D eigenvalue weighted by Crippen LogP contribution is 2.24. The van der Waals surface area contributed by atoms with E-state index in [1.165, 1.54) is 9.78 Å². The maximum Gasteiger partial charge on any atom is 0.278 e. The maximum absolute atomic E-state index is 12.8. The molecule has 7 heteroatoms. The lowest BCUT2D eigenvalue weighted by molar-refractivity contribution is -0.917. The molecule has 28 heavy (non-hydrogen) atoms. The number of rotatable bonds is 5. The Balaban J connectivity index is 1.20. The van der Waals surface area contributed by atoms with Crippen LogP contribution in [0.1, 0.15) is 4.88 Å². The smallest absolute Gasteiger partial charge is 0.278 e. The second-order valence-electron chi connectivity index (χ2n) is 7.75. The molecule has 0 unspecified atom stereocenters. The van der Waals surface area contributed by atoms with Crippen LogP contribution in [0.4, 0.5) is 5.69 Å². The number of amides is 1. The number of carbonyl (C=O) groups is 1. The molecule has 4 rings (SSSR count). The number of piperazine rings is 2. The first-order valence-electron chi connectivity index (χ1n) is 10.2. The fraction of sp³-hybridized carbons (Fsp3) is 0.476. The van der Waals surface area contributed by atoms with E-state index < -0.39 is 0 Å². The van der Waals surface area contributed by atoms with E-state index in [9.17, 15) is 4.79 Å². The van der Waals surface area contributed by atoms with Crippen molar-refractivity contribution >= 4 is 34.5 Å². The third-order valence-corrected chi connectivity index (χ3v) is 7.09. The molecule has 0 aliphatic carbocycles. The summed E-state index contributed by atoms with van der Waals surface area (Å²) in [5, 5.41) is 2.95. The van der Waals surface area contributed by atoms with Gasteiger partial charge >= 0.3 is 0 Å². The summed E-state index contributed by atoms with van der Waals surface area (Å²) in [5.41, 5.74) is 1.11. The van der Waals surface area contributed by atoms with E-state index in [0.717, 1.165) is 69.6 Å². The van der Waals surface area contributed by atoms with Gasteiger partial charge in [-0.1, -0.05) is 29.8 Å². The van der Waals surface area contributed by atoms with Crippen LogP contribution in [-0.4, -0.2) is 69.7 Å². The predicted octanol–water partition coefficient (Wildman–Crippen LogP) is 0.0337. The van der Waals surface area contributed by atoms with Crippen LogP contribution in [-0.2, 0) is 11.3 Å². The number of anilines is 1. The highest BCUT2D eigenvalue weighted by molar-refractivity contribution is 7.09. The molecule has 1 aromatic carbocycles. The largest absolute Gasteiger partial charge is 0.359 e. The van der Waals surface area contributed by atoms with Crippen molar-refractivity contribution in [3.8, 4) is 0 Å². The lowest BCUT2D eigenvalue weighted by Crippen LogP contribution is -3.16. The SMILES string of the molecule is O=C(C[NH+]1CCN(c2ccccc2Cl)CC1)N1CC[NH+](Cc2cccs2)CC1. The van der Waals surface area contributed by atoms with Crippen molar-refractivity contribution in [1.82, 2.24) is 4.90 Å². The van der Waals surface area contributed by atoms with Crippen molar-refractivity contribution in [3.63, 3.8) is 0 Å². The van der Waals surface area contributed by atoms with Crippen molar-refractivity contribution in [2.24, 2.45) is 0 Å². The van der Waals surface area contributed by atoms with Gasteiger partial charge in [0.1, 0.15) is 6.54 Å². The molecule has 150 valence electrons. The second kappa shape index (κ2) is 9.27. The van der Waals surface area contributed by atoms with Crippen LogP contribution in [0.2, 0.25) is 5.02 Å². The summed E-state index contributed by atoms with van der Waals surface area (Å²) in [6.45, 7) is 9.47. The number of thiophene rings is 1. The van der Waals surface area contributed by atoms with E-state index in [4.69, 9.17) is 11.6 Å². The number of halogens is 1. The molecule has 0 spiro atoms. The van der Waals surface area contributed by atoms with Gasteiger partial charge in [0, 0.05) is 0 Å². The predicted molar refractivity (Wildman–Crippen MR) is 115 cm³/mol. The number of nitrogens with zero attached hydrogens (tertiary/aromatic N) is 2. The van der Waals surface area contributed by atoms with Crippen LogP contribution >= 0.6 is 22.9 Å². The van der Waals surface area contributed by atoms with Gasteiger partial charge in [-0.25, -0.2) is 0 Å². The first kappa shape index (κ1) is 19.7. The Morgan fingerprint density at radius 3 is 2.36 bits per heavy atom. The van der Waals surface area contributed by atoms with Gasteiger partial charge in [0.2, 0.25) is 0 Å². The van der Waals surface area contributed by atoms with E-state index in [-0.39, 0.29) is 0 Å². The molecule has 2 aliphatic rings. The third-order valence-electron chi connectivity index (χ3n) is 5.89. The fourth-order valence-electron chi connectivity index (χ4n) is 4.18. The van der Waals surface area contributed by atoms with E-state index in [1.54, 1.807) is 4.90 Å². The van der Waals surface area contributed by atoms with Gasteiger partial charge in [0.05, 0.1) is 67.9 Å². The fourth-order valence-corrected chi connectivity index (χ4v) is 5.21. The summed E-state index contributed by atoms with van der Waals surface area (Å²) in [4.78, 5) is 21.6. The topological polar surface area (TPSA) is 32.4 Å². The molecule has 1 amide bonds. The van der Waals surface area contributed by atoms with Crippen LogP contribution < -0.4 is 14.7 Å². The molecule has 3 heterocycles. The number of carbonyl (C=O) groups excluding carboxylic acids is 1. The molecule has 2 N–H and O–H groups in total. The summed E-state index contributed by atoms with van der Waals surface area (Å²) in [7, 11) is 0. The van der Waals surface area contributed by atoms with Gasteiger partial charge in [-0.2, -0.15) is 0 Å². The van der Waals surface area contributed by atoms with Crippen molar-refractivity contribution < 1.29 is 14.6 Å². The molecule has 0 atom stereocenters. The molecule has 5 nitrogen and oxygen atoms in total. The van der Waals surface area contributed by atoms with Gasteiger partial charge in [0.15, 0.2) is 6.54 Å². The average molecular weight is 421 g/mol. The zero-order valence-corrected chi connectivity index (χ0v) is 17.8. The van der Waals surface area contributed by atoms with Crippen LogP contribution in [0.25, 0.3) is 0 Å². The quantitative estimate of drug-likeness (QED) is 0.715.